The Hall–Kier alpha value is -4.32. The maximum atomic E-state index is 13.9. The molecule has 4 atom stereocenters. The van der Waals surface area contributed by atoms with Gasteiger partial charge in [0.05, 0.1) is 61.1 Å². The van der Waals surface area contributed by atoms with Crippen molar-refractivity contribution in [2.45, 2.75) is 96.4 Å². The summed E-state index contributed by atoms with van der Waals surface area (Å²) in [7, 11) is 1.48. The minimum absolute atomic E-state index is 0.0138. The SMILES string of the molecule is CCCCCC[C@](C)(O)[C@@H]1Cc2c(c(CO)c3c(c2OC)C(=C2C[C@@H](CO)C(=O)[C@H](c4ccc5c(c4)=CCN=5)C2)C(C=O)=C(C(=O)OCC)O3)O1. The van der Waals surface area contributed by atoms with Gasteiger partial charge in [-0.2, -0.15) is 0 Å². The number of hydrogen-bond donors (Lipinski definition) is 3. The van der Waals surface area contributed by atoms with Crippen molar-refractivity contribution in [1.82, 2.24) is 0 Å². The van der Waals surface area contributed by atoms with Gasteiger partial charge in [0.15, 0.2) is 6.29 Å². The largest absolute Gasteiger partial charge is 0.496 e. The van der Waals surface area contributed by atoms with E-state index in [4.69, 9.17) is 18.9 Å². The standard InChI is InChI=1S/C40H47NO10/c1-5-7-8-9-13-40(3,47)31-18-27-35(50-31)29(21-44)37-33(36(27)48-4)32(28(20-43)38(51-37)39(46)49-6-2)24-16-25(19-42)34(45)26(17-24)22-10-11-30-23(15-22)12-14-41-30/h10-12,15,20,25-26,31,42,44,47H,5-9,13-14,16-19,21H2,1-4H3/t25-,26-,31-,40-/m0/s1. The Morgan fingerprint density at radius 2 is 1.92 bits per heavy atom. The van der Waals surface area contributed by atoms with Crippen LogP contribution in [0.5, 0.6) is 17.2 Å². The fourth-order valence-electron chi connectivity index (χ4n) is 7.94. The van der Waals surface area contributed by atoms with Crippen molar-refractivity contribution < 1.29 is 48.7 Å². The number of unbranched alkanes of at least 4 members (excludes halogenated alkanes) is 3. The number of nitrogens with zero attached hydrogens (tertiary/aromatic N) is 1. The van der Waals surface area contributed by atoms with Crippen LogP contribution in [-0.4, -0.2) is 71.9 Å². The molecule has 51 heavy (non-hydrogen) atoms. The number of esters is 1. The van der Waals surface area contributed by atoms with Crippen LogP contribution in [0, 0.1) is 5.92 Å². The maximum absolute atomic E-state index is 13.9. The summed E-state index contributed by atoms with van der Waals surface area (Å²) in [4.78, 5) is 44.9. The second kappa shape index (κ2) is 15.1. The second-order valence-electron chi connectivity index (χ2n) is 13.9. The molecule has 1 fully saturated rings. The third-order valence-electron chi connectivity index (χ3n) is 10.6. The molecule has 0 unspecified atom stereocenters. The van der Waals surface area contributed by atoms with Gasteiger partial charge in [0.25, 0.3) is 0 Å². The lowest BCUT2D eigenvalue weighted by atomic mass is 9.71. The van der Waals surface area contributed by atoms with Gasteiger partial charge in [-0.05, 0) is 56.0 Å². The zero-order valence-corrected chi connectivity index (χ0v) is 29.8. The topological polar surface area (TPSA) is 161 Å². The van der Waals surface area contributed by atoms with Gasteiger partial charge >= 0.3 is 5.97 Å². The molecular weight excluding hydrogens is 654 g/mol. The molecule has 4 aliphatic rings. The predicted molar refractivity (Wildman–Crippen MR) is 188 cm³/mol. The minimum Gasteiger partial charge on any atom is -0.496 e. The Kier molecular flexibility index (Phi) is 10.8. The molecular formula is C40H47NO10. The van der Waals surface area contributed by atoms with Gasteiger partial charge < -0.3 is 34.3 Å². The first-order chi connectivity index (χ1) is 24.6. The zero-order chi connectivity index (χ0) is 36.4. The average molecular weight is 702 g/mol. The summed E-state index contributed by atoms with van der Waals surface area (Å²) >= 11 is 0. The van der Waals surface area contributed by atoms with Crippen LogP contribution in [0.2, 0.25) is 0 Å². The molecule has 0 spiro atoms. The van der Waals surface area contributed by atoms with Crippen molar-refractivity contribution in [1.29, 1.82) is 0 Å². The van der Waals surface area contributed by atoms with Crippen LogP contribution in [-0.2, 0) is 32.1 Å². The predicted octanol–water partition coefficient (Wildman–Crippen LogP) is 3.54. The van der Waals surface area contributed by atoms with Crippen molar-refractivity contribution >= 4 is 29.7 Å². The van der Waals surface area contributed by atoms with Crippen molar-refractivity contribution in [2.24, 2.45) is 10.9 Å². The number of aliphatic hydroxyl groups excluding tert-OH is 2. The lowest BCUT2D eigenvalue weighted by molar-refractivity contribution is -0.141. The molecule has 3 heterocycles. The van der Waals surface area contributed by atoms with Gasteiger partial charge in [-0.1, -0.05) is 50.3 Å². The highest BCUT2D eigenvalue weighted by Crippen LogP contribution is 2.56. The summed E-state index contributed by atoms with van der Waals surface area (Å²) in [6.07, 6.45) is 6.83. The first-order valence-electron chi connectivity index (χ1n) is 17.9. The van der Waals surface area contributed by atoms with Crippen LogP contribution in [0.25, 0.3) is 11.6 Å². The molecule has 0 amide bonds. The van der Waals surface area contributed by atoms with Gasteiger partial charge in [-0.25, -0.2) is 4.79 Å². The third-order valence-corrected chi connectivity index (χ3v) is 10.6. The number of carbonyl (C=O) groups excluding carboxylic acids is 3. The van der Waals surface area contributed by atoms with Crippen LogP contribution in [0.4, 0.5) is 0 Å². The summed E-state index contributed by atoms with van der Waals surface area (Å²) in [5.74, 6) is -2.13. The van der Waals surface area contributed by atoms with Crippen molar-refractivity contribution in [3.63, 3.8) is 0 Å². The number of aliphatic hydroxyl groups is 3. The summed E-state index contributed by atoms with van der Waals surface area (Å²) < 4.78 is 24.1. The zero-order valence-electron chi connectivity index (χ0n) is 29.8. The molecule has 6 rings (SSSR count). The number of benzene rings is 2. The van der Waals surface area contributed by atoms with Crippen LogP contribution in [0.1, 0.15) is 93.9 Å². The van der Waals surface area contributed by atoms with E-state index in [-0.39, 0.29) is 54.3 Å². The Labute approximate surface area is 297 Å². The maximum Gasteiger partial charge on any atom is 0.375 e. The molecule has 272 valence electrons. The van der Waals surface area contributed by atoms with Gasteiger partial charge in [-0.15, -0.1) is 0 Å². The van der Waals surface area contributed by atoms with Crippen molar-refractivity contribution in [2.75, 3.05) is 26.9 Å². The molecule has 3 aliphatic heterocycles. The lowest BCUT2D eigenvalue weighted by Crippen LogP contribution is -2.42. The number of ether oxygens (including phenoxy) is 4. The molecule has 0 radical (unpaired) electrons. The number of carbonyl (C=O) groups is 3. The second-order valence-corrected chi connectivity index (χ2v) is 13.9. The van der Waals surface area contributed by atoms with Crippen molar-refractivity contribution in [3.8, 4) is 17.2 Å². The number of ketones is 1. The summed E-state index contributed by atoms with van der Waals surface area (Å²) in [5, 5.41) is 34.8. The Bertz CT molecular complexity index is 1920. The number of hydrogen-bond acceptors (Lipinski definition) is 11. The number of methoxy groups -OCH3 is 1. The Morgan fingerprint density at radius 1 is 1.12 bits per heavy atom. The smallest absolute Gasteiger partial charge is 0.375 e. The van der Waals surface area contributed by atoms with Crippen molar-refractivity contribution in [3.05, 3.63) is 67.9 Å². The molecule has 0 aromatic heterocycles. The number of allylic oxidation sites excluding steroid dienone is 3. The van der Waals surface area contributed by atoms with E-state index in [0.29, 0.717) is 53.0 Å². The quantitative estimate of drug-likeness (QED) is 0.160. The van der Waals surface area contributed by atoms with E-state index in [0.717, 1.165) is 41.8 Å². The fourth-order valence-corrected chi connectivity index (χ4v) is 7.94. The summed E-state index contributed by atoms with van der Waals surface area (Å²) in [6.45, 7) is 5.11. The summed E-state index contributed by atoms with van der Waals surface area (Å²) in [6, 6.07) is 5.69. The van der Waals surface area contributed by atoms with E-state index in [2.05, 4.69) is 11.9 Å². The highest BCUT2D eigenvalue weighted by Gasteiger charge is 2.46. The molecule has 1 aliphatic carbocycles. The average Bonchev–Trinajstić information content (AvgIpc) is 3.80. The highest BCUT2D eigenvalue weighted by atomic mass is 16.6. The van der Waals surface area contributed by atoms with E-state index in [1.165, 1.54) is 7.11 Å². The highest BCUT2D eigenvalue weighted by molar-refractivity contribution is 6.11. The Morgan fingerprint density at radius 3 is 2.61 bits per heavy atom. The van der Waals surface area contributed by atoms with Crippen LogP contribution in [0.3, 0.4) is 0 Å². The first kappa shape index (κ1) is 36.5. The number of aldehydes is 1. The number of Topliss-reactive ketones (excluding diaryl/α,β-unsaturated/α-hetero) is 1. The summed E-state index contributed by atoms with van der Waals surface area (Å²) in [5.41, 5.74) is 1.60. The van der Waals surface area contributed by atoms with Crippen LogP contribution >= 0.6 is 0 Å². The molecule has 2 aromatic carbocycles. The molecule has 3 N–H and O–H groups in total. The van der Waals surface area contributed by atoms with Crippen LogP contribution in [0.15, 0.2) is 40.1 Å². The van der Waals surface area contributed by atoms with E-state index in [1.54, 1.807) is 13.8 Å². The van der Waals surface area contributed by atoms with Gasteiger partial charge in [-0.3, -0.25) is 14.6 Å². The number of rotatable bonds is 13. The normalized spacial score (nSPS) is 23.2. The molecule has 2 aromatic rings. The lowest BCUT2D eigenvalue weighted by Gasteiger charge is -2.34. The number of fused-ring (bicyclic) bond motifs is 3. The Balaban J connectivity index is 1.56. The molecule has 11 nitrogen and oxygen atoms in total. The van der Waals surface area contributed by atoms with Gasteiger partial charge in [0, 0.05) is 29.4 Å². The fraction of sp³-hybridized carbons (Fsp3) is 0.500. The van der Waals surface area contributed by atoms with Crippen LogP contribution < -0.4 is 24.8 Å². The van der Waals surface area contributed by atoms with Gasteiger partial charge in [0.1, 0.15) is 29.1 Å². The first-order valence-corrected chi connectivity index (χ1v) is 17.9. The molecule has 0 saturated heterocycles. The van der Waals surface area contributed by atoms with E-state index >= 15 is 0 Å². The monoisotopic (exact) mass is 701 g/mol. The molecule has 1 saturated carbocycles. The van der Waals surface area contributed by atoms with Gasteiger partial charge in [0.2, 0.25) is 5.76 Å². The third kappa shape index (κ3) is 6.63. The minimum atomic E-state index is -1.21. The van der Waals surface area contributed by atoms with E-state index < -0.39 is 42.7 Å². The van der Waals surface area contributed by atoms with E-state index in [1.807, 2.05) is 24.3 Å². The van der Waals surface area contributed by atoms with E-state index in [9.17, 15) is 29.7 Å². The molecule has 0 bridgehead atoms. The molecule has 11 heteroatoms.